The molecule has 3 saturated carbocycles. The van der Waals surface area contributed by atoms with E-state index < -0.39 is 0 Å². The van der Waals surface area contributed by atoms with Crippen molar-refractivity contribution in [1.82, 2.24) is 15.1 Å². The molecule has 166 valence electrons. The molecule has 3 aliphatic carbocycles. The van der Waals surface area contributed by atoms with Crippen LogP contribution in [0.15, 0.2) is 40.0 Å². The monoisotopic (exact) mass is 489 g/mol. The van der Waals surface area contributed by atoms with Gasteiger partial charge in [0, 0.05) is 24.7 Å². The number of carbonyl (C=O) groups excluding carboxylic acids is 1. The quantitative estimate of drug-likeness (QED) is 0.479. The molecule has 31 heavy (non-hydrogen) atoms. The molecule has 0 aliphatic heterocycles. The van der Waals surface area contributed by atoms with E-state index in [2.05, 4.69) is 52.4 Å². The van der Waals surface area contributed by atoms with E-state index >= 15 is 0 Å². The maximum absolute atomic E-state index is 12.7. The zero-order chi connectivity index (χ0) is 22.3. The van der Waals surface area contributed by atoms with E-state index in [0.717, 1.165) is 16.7 Å². The Morgan fingerprint density at radius 3 is 2.71 bits per heavy atom. The minimum atomic E-state index is -0.346. The molecule has 0 unspecified atom stereocenters. The summed E-state index contributed by atoms with van der Waals surface area (Å²) in [6.45, 7) is 7.10. The zero-order valence-electron chi connectivity index (χ0n) is 18.0. The van der Waals surface area contributed by atoms with Crippen molar-refractivity contribution in [3.63, 3.8) is 0 Å². The highest BCUT2D eigenvalue weighted by Crippen LogP contribution is 2.61. The summed E-state index contributed by atoms with van der Waals surface area (Å²) in [5, 5.41) is 21.5. The molecule has 5 rings (SSSR count). The molecular weight excluding hydrogens is 462 g/mol. The number of hydrogen-bond donors (Lipinski definition) is 2. The number of aromatic nitrogens is 3. The molecule has 4 atom stereocenters. The van der Waals surface area contributed by atoms with Gasteiger partial charge in [-0.2, -0.15) is 9.83 Å². The summed E-state index contributed by atoms with van der Waals surface area (Å²) in [5.74, 6) is 1.60. The van der Waals surface area contributed by atoms with Crippen LogP contribution in [0.4, 0.5) is 5.69 Å². The highest BCUT2D eigenvalue weighted by Gasteiger charge is 2.56. The van der Waals surface area contributed by atoms with Crippen LogP contribution in [0, 0.1) is 28.4 Å². The van der Waals surface area contributed by atoms with Crippen LogP contribution < -0.4 is 20.9 Å². The second-order valence-electron chi connectivity index (χ2n) is 9.38. The fourth-order valence-corrected chi connectivity index (χ4v) is 5.59. The molecule has 8 nitrogen and oxygen atoms in total. The highest BCUT2D eigenvalue weighted by atomic mass is 79.9. The number of nitrogens with zero attached hydrogens (tertiary/aromatic N) is 3. The van der Waals surface area contributed by atoms with Crippen LogP contribution in [-0.4, -0.2) is 21.7 Å². The number of amides is 1. The number of halogens is 1. The molecule has 2 bridgehead atoms. The van der Waals surface area contributed by atoms with Crippen molar-refractivity contribution in [2.24, 2.45) is 23.2 Å². The van der Waals surface area contributed by atoms with Gasteiger partial charge in [-0.25, -0.2) is 4.68 Å². The Kier molecular flexibility index (Phi) is 5.81. The second-order valence-corrected chi connectivity index (χ2v) is 10.2. The second kappa shape index (κ2) is 8.26. The van der Waals surface area contributed by atoms with Crippen LogP contribution in [-0.2, 0) is 17.9 Å². The van der Waals surface area contributed by atoms with E-state index in [0.29, 0.717) is 44.1 Å². The lowest BCUT2D eigenvalue weighted by atomic mass is 9.45. The predicted octanol–water partition coefficient (Wildman–Crippen LogP) is 2.44. The maximum atomic E-state index is 12.7. The number of carbonyl (C=O) groups is 1. The first-order valence-electron chi connectivity index (χ1n) is 10.6. The van der Waals surface area contributed by atoms with Crippen molar-refractivity contribution in [1.29, 1.82) is 0 Å². The van der Waals surface area contributed by atoms with E-state index in [9.17, 15) is 14.8 Å². The highest BCUT2D eigenvalue weighted by molar-refractivity contribution is 9.10. The Labute approximate surface area is 189 Å². The number of fused-ring (bicyclic) bond motifs is 2. The Morgan fingerprint density at radius 2 is 2.06 bits per heavy atom. The van der Waals surface area contributed by atoms with Gasteiger partial charge >= 0.3 is 0 Å². The van der Waals surface area contributed by atoms with Gasteiger partial charge in [0.15, 0.2) is 12.4 Å². The third-order valence-corrected chi connectivity index (χ3v) is 8.10. The maximum Gasteiger partial charge on any atom is 0.283 e. The topological polar surface area (TPSA) is 103 Å². The van der Waals surface area contributed by atoms with Crippen LogP contribution in [0.2, 0.25) is 0 Å². The van der Waals surface area contributed by atoms with Gasteiger partial charge in [-0.1, -0.05) is 20.8 Å². The summed E-state index contributed by atoms with van der Waals surface area (Å²) < 4.78 is 2.22. The summed E-state index contributed by atoms with van der Waals surface area (Å²) in [6, 6.07) is 3.57. The number of rotatable bonds is 6. The van der Waals surface area contributed by atoms with Crippen LogP contribution in [0.25, 0.3) is 0 Å². The van der Waals surface area contributed by atoms with Gasteiger partial charge < -0.3 is 15.8 Å². The molecule has 9 heteroatoms. The molecule has 0 spiro atoms. The molecule has 3 fully saturated rings. The van der Waals surface area contributed by atoms with Gasteiger partial charge in [-0.15, -0.1) is 0 Å². The van der Waals surface area contributed by atoms with Crippen molar-refractivity contribution in [3.05, 3.63) is 56.3 Å². The molecule has 2 N–H and O–H groups in total. The van der Waals surface area contributed by atoms with E-state index in [1.54, 1.807) is 18.3 Å². The first-order valence-corrected chi connectivity index (χ1v) is 11.4. The molecule has 3 aliphatic rings. The smallest absolute Gasteiger partial charge is 0.283 e. The number of nitrogens with one attached hydrogen (secondary N) is 2. The lowest BCUT2D eigenvalue weighted by Gasteiger charge is -2.62. The lowest BCUT2D eigenvalue weighted by Crippen LogP contribution is -2.58. The fourth-order valence-electron chi connectivity index (χ4n) is 5.17. The van der Waals surface area contributed by atoms with Crippen LogP contribution in [0.5, 0.6) is 0 Å². The fraction of sp³-hybridized carbons (Fsp3) is 0.545. The lowest BCUT2D eigenvalue weighted by molar-refractivity contribution is -0.605. The Morgan fingerprint density at radius 1 is 1.35 bits per heavy atom. The normalized spacial score (nSPS) is 26.1. The zero-order valence-corrected chi connectivity index (χ0v) is 19.6. The minimum absolute atomic E-state index is 0.176. The van der Waals surface area contributed by atoms with Crippen molar-refractivity contribution in [3.8, 4) is 0 Å². The van der Waals surface area contributed by atoms with Crippen molar-refractivity contribution in [2.75, 3.05) is 5.32 Å². The average molecular weight is 490 g/mol. The summed E-state index contributed by atoms with van der Waals surface area (Å²) in [4.78, 5) is 25.0. The van der Waals surface area contributed by atoms with E-state index in [-0.39, 0.29) is 24.6 Å². The summed E-state index contributed by atoms with van der Waals surface area (Å²) in [7, 11) is 0. The van der Waals surface area contributed by atoms with Gasteiger partial charge in [0.1, 0.15) is 11.0 Å². The molecule has 1 amide bonds. The molecule has 0 saturated heterocycles. The Hall–Kier alpha value is -2.42. The van der Waals surface area contributed by atoms with Crippen molar-refractivity contribution in [2.45, 2.75) is 52.7 Å². The average Bonchev–Trinajstić information content (AvgIpc) is 2.74. The van der Waals surface area contributed by atoms with E-state index in [1.165, 1.54) is 18.8 Å². The summed E-state index contributed by atoms with van der Waals surface area (Å²) in [5.41, 5.74) is 1.53. The van der Waals surface area contributed by atoms with Gasteiger partial charge in [-0.05, 0) is 57.5 Å². The summed E-state index contributed by atoms with van der Waals surface area (Å²) in [6.07, 6.45) is 6.74. The molecule has 0 aromatic carbocycles. The first kappa shape index (κ1) is 21.8. The molecule has 2 aromatic heterocycles. The standard InChI is InChI=1S/C22H28BrN5O3/c1-13-16-8-15(22(16,2)3)9-17(13)26-18-11-25-28(21(30)20(18)23)12-19(29)24-10-14-4-6-27(31)7-5-14/h4-7,11,13,15-17,26H,8-10,12H2,1-3H3,(H,24,29)/t13-,15-,16+,17-/m1/s1. The van der Waals surface area contributed by atoms with Gasteiger partial charge in [0.25, 0.3) is 5.56 Å². The third kappa shape index (κ3) is 4.20. The van der Waals surface area contributed by atoms with E-state index in [4.69, 9.17) is 0 Å². The first-order chi connectivity index (χ1) is 14.7. The van der Waals surface area contributed by atoms with Crippen molar-refractivity contribution >= 4 is 27.5 Å². The van der Waals surface area contributed by atoms with Gasteiger partial charge in [-0.3, -0.25) is 9.59 Å². The van der Waals surface area contributed by atoms with Crippen LogP contribution in [0.3, 0.4) is 0 Å². The van der Waals surface area contributed by atoms with Crippen LogP contribution >= 0.6 is 15.9 Å². The SMILES string of the molecule is C[C@H]1[C@H](Nc2cnn(CC(=O)NCc3cc[n+]([O-])cc3)c(=O)c2Br)C[C@H]2C[C@@H]1C2(C)C. The van der Waals surface area contributed by atoms with Gasteiger partial charge in [0.2, 0.25) is 5.91 Å². The largest absolute Gasteiger partial charge is 0.619 e. The van der Waals surface area contributed by atoms with Crippen molar-refractivity contribution < 1.29 is 9.52 Å². The molecule has 2 aromatic rings. The van der Waals surface area contributed by atoms with Crippen LogP contribution in [0.1, 0.15) is 39.2 Å². The summed E-state index contributed by atoms with van der Waals surface area (Å²) >= 11 is 3.40. The Balaban J connectivity index is 1.38. The minimum Gasteiger partial charge on any atom is -0.619 e. The molecule has 2 heterocycles. The number of anilines is 1. The predicted molar refractivity (Wildman–Crippen MR) is 120 cm³/mol. The molecule has 0 radical (unpaired) electrons. The number of hydrogen-bond acceptors (Lipinski definition) is 5. The molecular formula is C22H28BrN5O3. The Bertz CT molecular complexity index is 1040. The number of pyridine rings is 1. The van der Waals surface area contributed by atoms with E-state index in [1.807, 2.05) is 0 Å². The third-order valence-electron chi connectivity index (χ3n) is 7.33. The van der Waals surface area contributed by atoms with Gasteiger partial charge in [0.05, 0.1) is 11.9 Å².